The van der Waals surface area contributed by atoms with E-state index in [2.05, 4.69) is 33.8 Å². The number of likely N-dealkylation sites (N-methyl/N-ethyl adjacent to an activating group) is 1. The van der Waals surface area contributed by atoms with E-state index in [1.54, 1.807) is 0 Å². The summed E-state index contributed by atoms with van der Waals surface area (Å²) < 4.78 is 0.788. The van der Waals surface area contributed by atoms with Gasteiger partial charge in [-0.2, -0.15) is 0 Å². The molecular formula is C20H37N3O2+2. The van der Waals surface area contributed by atoms with Gasteiger partial charge in [-0.1, -0.05) is 56.5 Å². The molecule has 1 aromatic rings. The van der Waals surface area contributed by atoms with Crippen molar-refractivity contribution in [3.05, 3.63) is 35.9 Å². The summed E-state index contributed by atoms with van der Waals surface area (Å²) in [5.74, 6) is 0.000814. The molecule has 0 saturated carbocycles. The molecule has 0 spiro atoms. The second-order valence-corrected chi connectivity index (χ2v) is 7.76. The summed E-state index contributed by atoms with van der Waals surface area (Å²) >= 11 is 0. The Labute approximate surface area is 153 Å². The maximum atomic E-state index is 12.8. The number of unbranched alkanes of at least 4 members (excludes halogenated alkanes) is 3. The number of carbonyl (C=O) groups is 1. The summed E-state index contributed by atoms with van der Waals surface area (Å²) in [5.41, 5.74) is 5.14. The monoisotopic (exact) mass is 351 g/mol. The van der Waals surface area contributed by atoms with E-state index in [1.165, 1.54) is 24.3 Å². The number of nitrogens with zero attached hydrogens (tertiary/aromatic N) is 2. The van der Waals surface area contributed by atoms with E-state index in [-0.39, 0.29) is 11.9 Å². The van der Waals surface area contributed by atoms with Crippen LogP contribution in [0.15, 0.2) is 30.3 Å². The van der Waals surface area contributed by atoms with E-state index in [0.29, 0.717) is 13.2 Å². The van der Waals surface area contributed by atoms with Gasteiger partial charge in [-0.25, -0.2) is 5.06 Å². The Balaban J connectivity index is 2.60. The van der Waals surface area contributed by atoms with Crippen molar-refractivity contribution in [3.8, 4) is 0 Å². The normalized spacial score (nSPS) is 12.8. The van der Waals surface area contributed by atoms with Crippen molar-refractivity contribution in [2.75, 3.05) is 34.2 Å². The standard InChI is InChI=1S/C20H36N3O2/c1-5-6-7-11-14-19(21)20(24)22(15-16-23(2,3)4)25-17-18-12-9-8-10-13-18/h8-10,12-13,19H,5-7,11,14-17,21H2,1-4H3/q+1/p+1. The van der Waals surface area contributed by atoms with E-state index in [9.17, 15) is 4.79 Å². The number of hydroxylamine groups is 2. The van der Waals surface area contributed by atoms with Gasteiger partial charge in [0, 0.05) is 6.42 Å². The van der Waals surface area contributed by atoms with Crippen LogP contribution >= 0.6 is 0 Å². The molecule has 0 bridgehead atoms. The summed E-state index contributed by atoms with van der Waals surface area (Å²) in [6.07, 6.45) is 5.46. The van der Waals surface area contributed by atoms with Crippen LogP contribution in [0.2, 0.25) is 0 Å². The highest BCUT2D eigenvalue weighted by atomic mass is 16.7. The fourth-order valence-electron chi connectivity index (χ4n) is 2.50. The molecule has 5 heteroatoms. The third kappa shape index (κ3) is 9.58. The SMILES string of the molecule is CCCCCCC([NH3+])C(=O)N(CC[N+](C)(C)C)OCc1ccccc1. The molecule has 3 N–H and O–H groups in total. The number of hydrogen-bond acceptors (Lipinski definition) is 2. The van der Waals surface area contributed by atoms with Crippen molar-refractivity contribution in [1.82, 2.24) is 5.06 Å². The first-order valence-electron chi connectivity index (χ1n) is 9.45. The fraction of sp³-hybridized carbons (Fsp3) is 0.650. The minimum atomic E-state index is -0.236. The summed E-state index contributed by atoms with van der Waals surface area (Å²) in [4.78, 5) is 18.6. The fourth-order valence-corrected chi connectivity index (χ4v) is 2.50. The number of quaternary nitrogens is 2. The highest BCUT2D eigenvalue weighted by Crippen LogP contribution is 2.09. The van der Waals surface area contributed by atoms with E-state index >= 15 is 0 Å². The molecule has 1 aromatic carbocycles. The van der Waals surface area contributed by atoms with Crippen LogP contribution in [0.4, 0.5) is 0 Å². The van der Waals surface area contributed by atoms with Gasteiger partial charge in [-0.05, 0) is 12.0 Å². The zero-order valence-electron chi connectivity index (χ0n) is 16.5. The molecule has 0 aromatic heterocycles. The van der Waals surface area contributed by atoms with Gasteiger partial charge in [0.2, 0.25) is 0 Å². The highest BCUT2D eigenvalue weighted by Gasteiger charge is 2.26. The molecule has 0 radical (unpaired) electrons. The van der Waals surface area contributed by atoms with Gasteiger partial charge < -0.3 is 10.2 Å². The Morgan fingerprint density at radius 2 is 1.84 bits per heavy atom. The van der Waals surface area contributed by atoms with Crippen LogP contribution < -0.4 is 5.73 Å². The van der Waals surface area contributed by atoms with Gasteiger partial charge in [0.25, 0.3) is 0 Å². The average molecular weight is 352 g/mol. The summed E-state index contributed by atoms with van der Waals surface area (Å²) in [6, 6.07) is 9.72. The number of amides is 1. The number of rotatable bonds is 12. The lowest BCUT2D eigenvalue weighted by Gasteiger charge is -2.29. The van der Waals surface area contributed by atoms with Gasteiger partial charge in [-0.3, -0.25) is 9.63 Å². The zero-order chi connectivity index (χ0) is 18.7. The highest BCUT2D eigenvalue weighted by molar-refractivity contribution is 5.79. The van der Waals surface area contributed by atoms with Crippen molar-refractivity contribution in [2.24, 2.45) is 0 Å². The lowest BCUT2D eigenvalue weighted by atomic mass is 10.1. The van der Waals surface area contributed by atoms with Crippen molar-refractivity contribution < 1.29 is 19.8 Å². The Morgan fingerprint density at radius 1 is 1.16 bits per heavy atom. The predicted octanol–water partition coefficient (Wildman–Crippen LogP) is 2.23. The molecule has 1 unspecified atom stereocenters. The summed E-state index contributed by atoms with van der Waals surface area (Å²) in [5, 5.41) is 1.54. The van der Waals surface area contributed by atoms with Gasteiger partial charge >= 0.3 is 5.91 Å². The minimum Gasteiger partial charge on any atom is -0.347 e. The molecule has 0 aliphatic rings. The first-order chi connectivity index (χ1) is 11.8. The van der Waals surface area contributed by atoms with Crippen LogP contribution in [0.25, 0.3) is 0 Å². The maximum absolute atomic E-state index is 12.8. The Morgan fingerprint density at radius 3 is 2.44 bits per heavy atom. The predicted molar refractivity (Wildman–Crippen MR) is 101 cm³/mol. The van der Waals surface area contributed by atoms with Crippen molar-refractivity contribution >= 4 is 5.91 Å². The van der Waals surface area contributed by atoms with Crippen molar-refractivity contribution in [1.29, 1.82) is 0 Å². The van der Waals surface area contributed by atoms with Gasteiger partial charge in [0.05, 0.1) is 34.2 Å². The molecule has 25 heavy (non-hydrogen) atoms. The topological polar surface area (TPSA) is 57.2 Å². The molecule has 142 valence electrons. The molecule has 0 heterocycles. The molecular weight excluding hydrogens is 314 g/mol. The Bertz CT molecular complexity index is 485. The van der Waals surface area contributed by atoms with Gasteiger partial charge in [0.15, 0.2) is 6.04 Å². The molecule has 0 aliphatic carbocycles. The van der Waals surface area contributed by atoms with Gasteiger partial charge in [0.1, 0.15) is 6.61 Å². The van der Waals surface area contributed by atoms with E-state index in [4.69, 9.17) is 4.84 Å². The molecule has 0 aliphatic heterocycles. The van der Waals surface area contributed by atoms with Crippen molar-refractivity contribution in [2.45, 2.75) is 51.7 Å². The maximum Gasteiger partial charge on any atom is 0.304 e. The molecule has 0 saturated heterocycles. The number of carbonyl (C=O) groups excluding carboxylic acids is 1. The summed E-state index contributed by atoms with van der Waals surface area (Å²) in [6.45, 7) is 4.02. The third-order valence-corrected chi connectivity index (χ3v) is 4.20. The van der Waals surface area contributed by atoms with E-state index in [0.717, 1.165) is 29.4 Å². The van der Waals surface area contributed by atoms with Crippen LogP contribution in [0.3, 0.4) is 0 Å². The van der Waals surface area contributed by atoms with Gasteiger partial charge in [-0.15, -0.1) is 0 Å². The second-order valence-electron chi connectivity index (χ2n) is 7.76. The van der Waals surface area contributed by atoms with E-state index in [1.807, 2.05) is 30.3 Å². The first-order valence-corrected chi connectivity index (χ1v) is 9.45. The smallest absolute Gasteiger partial charge is 0.304 e. The molecule has 5 nitrogen and oxygen atoms in total. The second kappa shape index (κ2) is 11.2. The molecule has 1 rings (SSSR count). The summed E-state index contributed by atoms with van der Waals surface area (Å²) in [7, 11) is 6.35. The Kier molecular flexibility index (Phi) is 9.71. The number of hydrogen-bond donors (Lipinski definition) is 1. The largest absolute Gasteiger partial charge is 0.347 e. The van der Waals surface area contributed by atoms with Crippen molar-refractivity contribution in [3.63, 3.8) is 0 Å². The zero-order valence-corrected chi connectivity index (χ0v) is 16.5. The van der Waals surface area contributed by atoms with E-state index < -0.39 is 0 Å². The van der Waals surface area contributed by atoms with Crippen LogP contribution in [-0.4, -0.2) is 55.7 Å². The lowest BCUT2D eigenvalue weighted by Crippen LogP contribution is -2.68. The molecule has 1 amide bonds. The lowest BCUT2D eigenvalue weighted by molar-refractivity contribution is -0.870. The average Bonchev–Trinajstić information content (AvgIpc) is 2.58. The molecule has 0 fully saturated rings. The third-order valence-electron chi connectivity index (χ3n) is 4.20. The number of benzene rings is 1. The molecule has 1 atom stereocenters. The first kappa shape index (κ1) is 21.6. The Hall–Kier alpha value is -1.43. The quantitative estimate of drug-likeness (QED) is 0.357. The van der Waals surface area contributed by atoms with Crippen LogP contribution in [0.5, 0.6) is 0 Å². The van der Waals surface area contributed by atoms with Crippen LogP contribution in [0, 0.1) is 0 Å². The van der Waals surface area contributed by atoms with Crippen LogP contribution in [-0.2, 0) is 16.2 Å². The minimum absolute atomic E-state index is 0.000814. The van der Waals surface area contributed by atoms with Crippen LogP contribution in [0.1, 0.15) is 44.6 Å².